The standard InChI is InChI=1S/C22H19N3O3/c1-15-22(27)25(14-16-6-3-2-4-7-16)19-10-9-18(12-20(19)28-15)24-21(26)17-8-5-11-23-13-17/h2-13,15H,14H2,1H3,(H,24,26). The van der Waals surface area contributed by atoms with Gasteiger partial charge < -0.3 is 15.0 Å². The van der Waals surface area contributed by atoms with E-state index in [1.807, 2.05) is 30.3 Å². The second kappa shape index (κ2) is 7.52. The molecule has 0 aliphatic carbocycles. The van der Waals surface area contributed by atoms with Crippen molar-refractivity contribution in [1.29, 1.82) is 0 Å². The quantitative estimate of drug-likeness (QED) is 0.758. The minimum absolute atomic E-state index is 0.0940. The number of amides is 2. The number of hydrogen-bond donors (Lipinski definition) is 1. The Morgan fingerprint density at radius 3 is 2.71 bits per heavy atom. The van der Waals surface area contributed by atoms with Crippen molar-refractivity contribution in [2.45, 2.75) is 19.6 Å². The molecule has 0 saturated carbocycles. The molecular formula is C22H19N3O3. The second-order valence-electron chi connectivity index (χ2n) is 6.55. The van der Waals surface area contributed by atoms with Crippen LogP contribution in [0, 0.1) is 0 Å². The van der Waals surface area contributed by atoms with Gasteiger partial charge in [0.1, 0.15) is 5.75 Å². The molecule has 1 aromatic heterocycles. The van der Waals surface area contributed by atoms with Crippen LogP contribution in [0.1, 0.15) is 22.8 Å². The summed E-state index contributed by atoms with van der Waals surface area (Å²) in [6.07, 6.45) is 2.52. The maximum absolute atomic E-state index is 12.7. The van der Waals surface area contributed by atoms with Gasteiger partial charge in [0.25, 0.3) is 11.8 Å². The number of hydrogen-bond acceptors (Lipinski definition) is 4. The zero-order valence-electron chi connectivity index (χ0n) is 15.3. The maximum atomic E-state index is 12.7. The van der Waals surface area contributed by atoms with E-state index in [0.717, 1.165) is 5.56 Å². The van der Waals surface area contributed by atoms with Crippen molar-refractivity contribution in [1.82, 2.24) is 4.98 Å². The van der Waals surface area contributed by atoms with E-state index in [-0.39, 0.29) is 11.8 Å². The van der Waals surface area contributed by atoms with E-state index in [9.17, 15) is 9.59 Å². The number of aromatic nitrogens is 1. The third kappa shape index (κ3) is 3.57. The summed E-state index contributed by atoms with van der Waals surface area (Å²) in [7, 11) is 0. The predicted molar refractivity (Wildman–Crippen MR) is 106 cm³/mol. The molecule has 2 aromatic carbocycles. The molecule has 0 radical (unpaired) electrons. The van der Waals surface area contributed by atoms with E-state index in [0.29, 0.717) is 29.2 Å². The van der Waals surface area contributed by atoms with Crippen LogP contribution >= 0.6 is 0 Å². The number of ether oxygens (including phenoxy) is 1. The summed E-state index contributed by atoms with van der Waals surface area (Å²) in [5.41, 5.74) is 2.78. The number of carbonyl (C=O) groups is 2. The molecule has 2 heterocycles. The predicted octanol–water partition coefficient (Wildman–Crippen LogP) is 3.65. The van der Waals surface area contributed by atoms with Crippen molar-refractivity contribution < 1.29 is 14.3 Å². The van der Waals surface area contributed by atoms with E-state index in [1.54, 1.807) is 48.4 Å². The summed E-state index contributed by atoms with van der Waals surface area (Å²) in [5, 5.41) is 2.84. The molecule has 0 saturated heterocycles. The van der Waals surface area contributed by atoms with E-state index in [2.05, 4.69) is 10.3 Å². The first-order valence-electron chi connectivity index (χ1n) is 8.99. The molecule has 1 unspecified atom stereocenters. The van der Waals surface area contributed by atoms with Gasteiger partial charge in [-0.3, -0.25) is 14.6 Å². The van der Waals surface area contributed by atoms with Gasteiger partial charge in [-0.15, -0.1) is 0 Å². The molecule has 1 aliphatic rings. The summed E-state index contributed by atoms with van der Waals surface area (Å²) >= 11 is 0. The molecule has 140 valence electrons. The summed E-state index contributed by atoms with van der Waals surface area (Å²) in [5.74, 6) is 0.213. The molecule has 4 rings (SSSR count). The van der Waals surface area contributed by atoms with Crippen LogP contribution in [-0.4, -0.2) is 22.9 Å². The van der Waals surface area contributed by atoms with Crippen LogP contribution < -0.4 is 15.0 Å². The number of benzene rings is 2. The van der Waals surface area contributed by atoms with Crippen LogP contribution in [0.25, 0.3) is 0 Å². The monoisotopic (exact) mass is 373 g/mol. The highest BCUT2D eigenvalue weighted by molar-refractivity contribution is 6.05. The highest BCUT2D eigenvalue weighted by Gasteiger charge is 2.31. The lowest BCUT2D eigenvalue weighted by atomic mass is 10.1. The summed E-state index contributed by atoms with van der Waals surface area (Å²) < 4.78 is 5.79. The number of anilines is 2. The van der Waals surface area contributed by atoms with Gasteiger partial charge >= 0.3 is 0 Å². The fourth-order valence-electron chi connectivity index (χ4n) is 3.12. The van der Waals surface area contributed by atoms with Gasteiger partial charge in [0.05, 0.1) is 17.8 Å². The molecular weight excluding hydrogens is 354 g/mol. The Morgan fingerprint density at radius 1 is 1.14 bits per heavy atom. The highest BCUT2D eigenvalue weighted by atomic mass is 16.5. The van der Waals surface area contributed by atoms with Gasteiger partial charge in [-0.1, -0.05) is 30.3 Å². The molecule has 0 bridgehead atoms. The summed E-state index contributed by atoms with van der Waals surface area (Å²) in [6, 6.07) is 18.5. The average molecular weight is 373 g/mol. The minimum Gasteiger partial charge on any atom is -0.479 e. The minimum atomic E-state index is -0.597. The molecule has 0 spiro atoms. The first-order valence-corrected chi connectivity index (χ1v) is 8.99. The largest absolute Gasteiger partial charge is 0.479 e. The van der Waals surface area contributed by atoms with Crippen molar-refractivity contribution in [2.75, 3.05) is 10.2 Å². The van der Waals surface area contributed by atoms with Crippen LogP contribution in [0.15, 0.2) is 73.1 Å². The fourth-order valence-corrected chi connectivity index (χ4v) is 3.12. The number of nitrogens with one attached hydrogen (secondary N) is 1. The summed E-state index contributed by atoms with van der Waals surface area (Å²) in [4.78, 5) is 30.7. The number of rotatable bonds is 4. The molecule has 3 aromatic rings. The van der Waals surface area contributed by atoms with E-state index >= 15 is 0 Å². The van der Waals surface area contributed by atoms with Gasteiger partial charge in [-0.25, -0.2) is 0 Å². The third-order valence-corrected chi connectivity index (χ3v) is 4.53. The second-order valence-corrected chi connectivity index (χ2v) is 6.55. The van der Waals surface area contributed by atoms with Gasteiger partial charge in [0.15, 0.2) is 6.10 Å². The maximum Gasteiger partial charge on any atom is 0.268 e. The molecule has 1 atom stereocenters. The normalized spacial score (nSPS) is 15.5. The molecule has 0 fully saturated rings. The summed E-state index contributed by atoms with van der Waals surface area (Å²) in [6.45, 7) is 2.19. The van der Waals surface area contributed by atoms with Gasteiger partial charge in [0.2, 0.25) is 0 Å². The molecule has 6 heteroatoms. The number of carbonyl (C=O) groups excluding carboxylic acids is 2. The molecule has 6 nitrogen and oxygen atoms in total. The van der Waals surface area contributed by atoms with Gasteiger partial charge in [-0.2, -0.15) is 0 Å². The topological polar surface area (TPSA) is 71.5 Å². The fraction of sp³-hybridized carbons (Fsp3) is 0.136. The Bertz CT molecular complexity index is 1010. The average Bonchev–Trinajstić information content (AvgIpc) is 2.72. The Hall–Kier alpha value is -3.67. The lowest BCUT2D eigenvalue weighted by molar-refractivity contribution is -0.125. The Morgan fingerprint density at radius 2 is 1.96 bits per heavy atom. The third-order valence-electron chi connectivity index (χ3n) is 4.53. The molecule has 1 N–H and O–H groups in total. The molecule has 28 heavy (non-hydrogen) atoms. The van der Waals surface area contributed by atoms with Crippen molar-refractivity contribution >= 4 is 23.2 Å². The van der Waals surface area contributed by atoms with Crippen LogP contribution in [0.4, 0.5) is 11.4 Å². The van der Waals surface area contributed by atoms with E-state index in [4.69, 9.17) is 4.74 Å². The number of fused-ring (bicyclic) bond motifs is 1. The van der Waals surface area contributed by atoms with Crippen LogP contribution in [0.5, 0.6) is 5.75 Å². The van der Waals surface area contributed by atoms with Gasteiger partial charge in [0, 0.05) is 24.1 Å². The van der Waals surface area contributed by atoms with Crippen LogP contribution in [0.3, 0.4) is 0 Å². The first kappa shape index (κ1) is 17.7. The lowest BCUT2D eigenvalue weighted by Gasteiger charge is -2.33. The van der Waals surface area contributed by atoms with Crippen molar-refractivity contribution in [3.63, 3.8) is 0 Å². The van der Waals surface area contributed by atoms with E-state index in [1.165, 1.54) is 6.20 Å². The van der Waals surface area contributed by atoms with Crippen LogP contribution in [0.2, 0.25) is 0 Å². The lowest BCUT2D eigenvalue weighted by Crippen LogP contribution is -2.44. The van der Waals surface area contributed by atoms with Crippen molar-refractivity contribution in [3.8, 4) is 5.75 Å². The number of pyridine rings is 1. The zero-order valence-corrected chi connectivity index (χ0v) is 15.3. The van der Waals surface area contributed by atoms with Gasteiger partial charge in [-0.05, 0) is 36.8 Å². The SMILES string of the molecule is CC1Oc2cc(NC(=O)c3cccnc3)ccc2N(Cc2ccccc2)C1=O. The highest BCUT2D eigenvalue weighted by Crippen LogP contribution is 2.37. The Labute approximate surface area is 162 Å². The zero-order chi connectivity index (χ0) is 19.5. The molecule has 2 amide bonds. The Balaban J connectivity index is 1.60. The van der Waals surface area contributed by atoms with E-state index < -0.39 is 6.10 Å². The first-order chi connectivity index (χ1) is 13.6. The number of nitrogens with zero attached hydrogens (tertiary/aromatic N) is 2. The smallest absolute Gasteiger partial charge is 0.268 e. The molecule has 1 aliphatic heterocycles. The van der Waals surface area contributed by atoms with Crippen LogP contribution in [-0.2, 0) is 11.3 Å². The van der Waals surface area contributed by atoms with Crippen molar-refractivity contribution in [3.05, 3.63) is 84.2 Å². The Kier molecular flexibility index (Phi) is 4.76. The van der Waals surface area contributed by atoms with Crippen molar-refractivity contribution in [2.24, 2.45) is 0 Å².